The van der Waals surface area contributed by atoms with Crippen LogP contribution in [-0.4, -0.2) is 4.99 Å². The van der Waals surface area contributed by atoms with E-state index in [9.17, 15) is 0 Å². The van der Waals surface area contributed by atoms with Gasteiger partial charge in [0.25, 0.3) is 0 Å². The van der Waals surface area contributed by atoms with Crippen molar-refractivity contribution < 1.29 is 4.74 Å². The largest absolute Gasteiger partial charge is 0.455 e. The van der Waals surface area contributed by atoms with Crippen LogP contribution in [0.1, 0.15) is 5.56 Å². The van der Waals surface area contributed by atoms with E-state index in [0.717, 1.165) is 4.47 Å². The fraction of sp³-hybridized carbons (Fsp3) is 0. The minimum atomic E-state index is 0.251. The highest BCUT2D eigenvalue weighted by atomic mass is 79.9. The zero-order valence-electron chi connectivity index (χ0n) is 9.49. The molecule has 0 saturated carbocycles. The van der Waals surface area contributed by atoms with Gasteiger partial charge in [0.1, 0.15) is 16.5 Å². The third-order valence-electron chi connectivity index (χ3n) is 2.32. The number of nitrogens with two attached hydrogens (primary N) is 1. The van der Waals surface area contributed by atoms with Gasteiger partial charge in [-0.25, -0.2) is 0 Å². The number of benzene rings is 2. The first-order valence-electron chi connectivity index (χ1n) is 5.19. The van der Waals surface area contributed by atoms with Crippen LogP contribution in [0, 0.1) is 0 Å². The van der Waals surface area contributed by atoms with Gasteiger partial charge in [0.2, 0.25) is 0 Å². The molecule has 2 N–H and O–H groups in total. The zero-order chi connectivity index (χ0) is 14.0. The van der Waals surface area contributed by atoms with Crippen LogP contribution in [0.4, 0.5) is 0 Å². The molecule has 2 aromatic rings. The van der Waals surface area contributed by atoms with Crippen molar-refractivity contribution in [2.24, 2.45) is 5.73 Å². The van der Waals surface area contributed by atoms with Crippen molar-refractivity contribution in [1.82, 2.24) is 0 Å². The third-order valence-corrected chi connectivity index (χ3v) is 3.58. The van der Waals surface area contributed by atoms with Crippen LogP contribution in [0.25, 0.3) is 0 Å². The van der Waals surface area contributed by atoms with Crippen LogP contribution in [0.15, 0.2) is 40.9 Å². The topological polar surface area (TPSA) is 35.2 Å². The average Bonchev–Trinajstić information content (AvgIpc) is 2.33. The highest BCUT2D eigenvalue weighted by Gasteiger charge is 2.11. The van der Waals surface area contributed by atoms with Gasteiger partial charge in [0, 0.05) is 15.6 Å². The molecule has 0 radical (unpaired) electrons. The molecule has 0 heterocycles. The van der Waals surface area contributed by atoms with Gasteiger partial charge >= 0.3 is 0 Å². The molecule has 2 rings (SSSR count). The summed E-state index contributed by atoms with van der Waals surface area (Å²) in [6, 6.07) is 10.4. The quantitative estimate of drug-likeness (QED) is 0.749. The summed E-state index contributed by atoms with van der Waals surface area (Å²) in [5.41, 5.74) is 6.30. The molecule has 98 valence electrons. The Kier molecular flexibility index (Phi) is 4.68. The van der Waals surface area contributed by atoms with E-state index in [1.807, 2.05) is 6.07 Å². The molecule has 0 atom stereocenters. The molecule has 0 amide bonds. The Labute approximate surface area is 134 Å². The lowest BCUT2D eigenvalue weighted by Crippen LogP contribution is -2.10. The van der Waals surface area contributed by atoms with Gasteiger partial charge in [-0.15, -0.1) is 0 Å². The highest BCUT2D eigenvalue weighted by Crippen LogP contribution is 2.34. The Bertz CT molecular complexity index is 649. The molecule has 0 spiro atoms. The molecule has 0 aromatic heterocycles. The second kappa shape index (κ2) is 6.09. The summed E-state index contributed by atoms with van der Waals surface area (Å²) in [5, 5.41) is 0.990. The van der Waals surface area contributed by atoms with Crippen LogP contribution < -0.4 is 10.5 Å². The molecule has 19 heavy (non-hydrogen) atoms. The van der Waals surface area contributed by atoms with E-state index in [1.54, 1.807) is 30.3 Å². The Morgan fingerprint density at radius 2 is 1.84 bits per heavy atom. The number of ether oxygens (including phenoxy) is 1. The van der Waals surface area contributed by atoms with Gasteiger partial charge in [0.05, 0.1) is 10.6 Å². The van der Waals surface area contributed by atoms with Crippen molar-refractivity contribution in [3.8, 4) is 11.5 Å². The Morgan fingerprint density at radius 1 is 1.11 bits per heavy atom. The van der Waals surface area contributed by atoms with E-state index < -0.39 is 0 Å². The maximum absolute atomic E-state index is 6.06. The summed E-state index contributed by atoms with van der Waals surface area (Å²) in [6.45, 7) is 0. The fourth-order valence-electron chi connectivity index (χ4n) is 1.46. The number of rotatable bonds is 3. The van der Waals surface area contributed by atoms with E-state index in [0.29, 0.717) is 27.1 Å². The maximum atomic E-state index is 6.06. The standard InChI is InChI=1S/C13H8BrCl2NOS/c14-7-1-3-9(13(17)19)11(5-7)18-12-6-8(15)2-4-10(12)16/h1-6H,(H2,17,19). The first-order valence-corrected chi connectivity index (χ1v) is 7.15. The molecule has 0 aliphatic heterocycles. The second-order valence-corrected chi connectivity index (χ2v) is 5.88. The lowest BCUT2D eigenvalue weighted by molar-refractivity contribution is 0.481. The fourth-order valence-corrected chi connectivity index (χ4v) is 2.28. The Morgan fingerprint density at radius 3 is 2.53 bits per heavy atom. The molecular weight excluding hydrogens is 369 g/mol. The van der Waals surface area contributed by atoms with Crippen LogP contribution in [0.5, 0.6) is 11.5 Å². The zero-order valence-corrected chi connectivity index (χ0v) is 13.4. The van der Waals surface area contributed by atoms with E-state index in [-0.39, 0.29) is 4.99 Å². The van der Waals surface area contributed by atoms with Crippen molar-refractivity contribution in [3.05, 3.63) is 56.5 Å². The first-order chi connectivity index (χ1) is 8.97. The van der Waals surface area contributed by atoms with Gasteiger partial charge in [-0.3, -0.25) is 0 Å². The summed E-state index contributed by atoms with van der Waals surface area (Å²) in [6.07, 6.45) is 0. The van der Waals surface area contributed by atoms with E-state index >= 15 is 0 Å². The lowest BCUT2D eigenvalue weighted by Gasteiger charge is -2.12. The van der Waals surface area contributed by atoms with Crippen LogP contribution in [0.2, 0.25) is 10.0 Å². The van der Waals surface area contributed by atoms with Gasteiger partial charge in [-0.1, -0.05) is 51.3 Å². The number of hydrogen-bond donors (Lipinski definition) is 1. The molecular formula is C13H8BrCl2NOS. The summed E-state index contributed by atoms with van der Waals surface area (Å²) in [4.78, 5) is 0.251. The molecule has 0 aliphatic rings. The van der Waals surface area contributed by atoms with Crippen LogP contribution in [0.3, 0.4) is 0 Å². The van der Waals surface area contributed by atoms with Crippen molar-refractivity contribution in [1.29, 1.82) is 0 Å². The van der Waals surface area contributed by atoms with Gasteiger partial charge in [-0.05, 0) is 30.3 Å². The van der Waals surface area contributed by atoms with Crippen molar-refractivity contribution in [3.63, 3.8) is 0 Å². The van der Waals surface area contributed by atoms with E-state index in [1.165, 1.54) is 0 Å². The minimum Gasteiger partial charge on any atom is -0.455 e. The smallest absolute Gasteiger partial charge is 0.147 e. The lowest BCUT2D eigenvalue weighted by atomic mass is 10.2. The molecule has 0 unspecified atom stereocenters. The van der Waals surface area contributed by atoms with Gasteiger partial charge < -0.3 is 10.5 Å². The summed E-state index contributed by atoms with van der Waals surface area (Å²) < 4.78 is 6.60. The normalized spacial score (nSPS) is 10.3. The third kappa shape index (κ3) is 3.60. The molecule has 2 nitrogen and oxygen atoms in total. The van der Waals surface area contributed by atoms with Gasteiger partial charge in [-0.2, -0.15) is 0 Å². The molecule has 0 saturated heterocycles. The number of thiocarbonyl (C=S) groups is 1. The average molecular weight is 377 g/mol. The van der Waals surface area contributed by atoms with Crippen molar-refractivity contribution in [2.75, 3.05) is 0 Å². The predicted molar refractivity (Wildman–Crippen MR) is 86.6 cm³/mol. The number of hydrogen-bond acceptors (Lipinski definition) is 2. The SMILES string of the molecule is NC(=S)c1ccc(Br)cc1Oc1cc(Cl)ccc1Cl. The first kappa shape index (κ1) is 14.6. The maximum Gasteiger partial charge on any atom is 0.147 e. The summed E-state index contributed by atoms with van der Waals surface area (Å²) in [5.74, 6) is 0.968. The molecule has 0 fully saturated rings. The van der Waals surface area contributed by atoms with Gasteiger partial charge in [0.15, 0.2) is 0 Å². The van der Waals surface area contributed by atoms with Crippen LogP contribution in [-0.2, 0) is 0 Å². The molecule has 0 bridgehead atoms. The second-order valence-electron chi connectivity index (χ2n) is 3.68. The Hall–Kier alpha value is -0.810. The molecule has 2 aromatic carbocycles. The summed E-state index contributed by atoms with van der Waals surface area (Å²) >= 11 is 20.3. The predicted octanol–water partition coefficient (Wildman–Crippen LogP) is 5.18. The van der Waals surface area contributed by atoms with Crippen molar-refractivity contribution in [2.45, 2.75) is 0 Å². The highest BCUT2D eigenvalue weighted by molar-refractivity contribution is 9.10. The minimum absolute atomic E-state index is 0.251. The van der Waals surface area contributed by atoms with E-state index in [2.05, 4.69) is 15.9 Å². The number of halogens is 3. The van der Waals surface area contributed by atoms with E-state index in [4.69, 9.17) is 45.9 Å². The monoisotopic (exact) mass is 375 g/mol. The molecule has 6 heteroatoms. The summed E-state index contributed by atoms with van der Waals surface area (Å²) in [7, 11) is 0. The Balaban J connectivity index is 2.45. The molecule has 0 aliphatic carbocycles. The van der Waals surface area contributed by atoms with Crippen LogP contribution >= 0.6 is 51.3 Å². The van der Waals surface area contributed by atoms with Crippen molar-refractivity contribution >= 4 is 56.3 Å².